The Morgan fingerprint density at radius 1 is 1.35 bits per heavy atom. The number of H-pyrrole nitrogens is 1. The van der Waals surface area contributed by atoms with Gasteiger partial charge in [0, 0.05) is 16.8 Å². The number of rotatable bonds is 4. The summed E-state index contributed by atoms with van der Waals surface area (Å²) >= 11 is 6.19. The topological polar surface area (TPSA) is 90.5 Å². The second-order valence-corrected chi connectivity index (χ2v) is 7.25. The molecule has 0 amide bonds. The van der Waals surface area contributed by atoms with Gasteiger partial charge >= 0.3 is 0 Å². The molecule has 0 aliphatic rings. The molecule has 0 bridgehead atoms. The molecule has 3 aromatic rings. The molecule has 2 aromatic heterocycles. The SMILES string of the molecule is Cc1nn(Cc2cn[nH]c2C(C)(C)O)c(C)c1-c1ccc(C#N)c(Cl)c1. The second kappa shape index (κ2) is 6.60. The minimum absolute atomic E-state index is 0.427. The highest BCUT2D eigenvalue weighted by Gasteiger charge is 2.23. The van der Waals surface area contributed by atoms with Crippen LogP contribution in [0.3, 0.4) is 0 Å². The number of hydrogen-bond acceptors (Lipinski definition) is 4. The fraction of sp³-hybridized carbons (Fsp3) is 0.316. The van der Waals surface area contributed by atoms with E-state index in [9.17, 15) is 5.11 Å². The fourth-order valence-electron chi connectivity index (χ4n) is 3.15. The van der Waals surface area contributed by atoms with Crippen molar-refractivity contribution in [2.24, 2.45) is 0 Å². The lowest BCUT2D eigenvalue weighted by Gasteiger charge is -2.17. The molecule has 0 aliphatic heterocycles. The van der Waals surface area contributed by atoms with E-state index in [4.69, 9.17) is 16.9 Å². The minimum Gasteiger partial charge on any atom is -0.384 e. The lowest BCUT2D eigenvalue weighted by atomic mass is 10.0. The molecule has 6 nitrogen and oxygen atoms in total. The zero-order chi connectivity index (χ0) is 19.1. The van der Waals surface area contributed by atoms with Crippen molar-refractivity contribution in [1.82, 2.24) is 20.0 Å². The Balaban J connectivity index is 2.01. The van der Waals surface area contributed by atoms with E-state index < -0.39 is 5.60 Å². The molecule has 0 radical (unpaired) electrons. The molecule has 0 atom stereocenters. The molecule has 2 heterocycles. The van der Waals surface area contributed by atoms with Crippen LogP contribution in [0.2, 0.25) is 5.02 Å². The van der Waals surface area contributed by atoms with Gasteiger partial charge in [-0.3, -0.25) is 9.78 Å². The molecule has 0 fully saturated rings. The number of hydrogen-bond donors (Lipinski definition) is 2. The largest absolute Gasteiger partial charge is 0.384 e. The van der Waals surface area contributed by atoms with Crippen LogP contribution in [0.15, 0.2) is 24.4 Å². The lowest BCUT2D eigenvalue weighted by molar-refractivity contribution is 0.0727. The predicted octanol–water partition coefficient (Wildman–Crippen LogP) is 3.69. The van der Waals surface area contributed by atoms with Crippen molar-refractivity contribution < 1.29 is 5.11 Å². The van der Waals surface area contributed by atoms with E-state index in [1.807, 2.05) is 24.6 Å². The third-order valence-corrected chi connectivity index (χ3v) is 4.72. The molecule has 0 unspecified atom stereocenters. The van der Waals surface area contributed by atoms with Gasteiger partial charge in [-0.15, -0.1) is 0 Å². The van der Waals surface area contributed by atoms with Crippen molar-refractivity contribution in [2.75, 3.05) is 0 Å². The van der Waals surface area contributed by atoms with Crippen LogP contribution < -0.4 is 0 Å². The van der Waals surface area contributed by atoms with Crippen molar-refractivity contribution in [3.05, 3.63) is 57.6 Å². The Morgan fingerprint density at radius 2 is 2.08 bits per heavy atom. The van der Waals surface area contributed by atoms with Gasteiger partial charge in [0.15, 0.2) is 0 Å². The summed E-state index contributed by atoms with van der Waals surface area (Å²) in [5, 5.41) is 31.3. The molecule has 0 saturated carbocycles. The van der Waals surface area contributed by atoms with Crippen LogP contribution in [-0.2, 0) is 12.1 Å². The van der Waals surface area contributed by atoms with Gasteiger partial charge < -0.3 is 5.11 Å². The second-order valence-electron chi connectivity index (χ2n) is 6.84. The first-order valence-electron chi connectivity index (χ1n) is 8.21. The molecule has 0 saturated heterocycles. The van der Waals surface area contributed by atoms with Crippen molar-refractivity contribution in [1.29, 1.82) is 5.26 Å². The third-order valence-electron chi connectivity index (χ3n) is 4.41. The van der Waals surface area contributed by atoms with E-state index in [1.165, 1.54) is 0 Å². The van der Waals surface area contributed by atoms with Crippen LogP contribution in [0.1, 0.15) is 42.1 Å². The smallest absolute Gasteiger partial charge is 0.101 e. The van der Waals surface area contributed by atoms with E-state index in [0.717, 1.165) is 28.1 Å². The molecule has 26 heavy (non-hydrogen) atoms. The zero-order valence-corrected chi connectivity index (χ0v) is 15.9. The van der Waals surface area contributed by atoms with Gasteiger partial charge in [-0.1, -0.05) is 17.7 Å². The van der Waals surface area contributed by atoms with Crippen LogP contribution in [0.5, 0.6) is 0 Å². The highest BCUT2D eigenvalue weighted by Crippen LogP contribution is 2.31. The number of aromatic amines is 1. The Kier molecular flexibility index (Phi) is 4.61. The first-order chi connectivity index (χ1) is 12.2. The molecule has 0 spiro atoms. The first-order valence-corrected chi connectivity index (χ1v) is 8.59. The average Bonchev–Trinajstić information content (AvgIpc) is 3.12. The summed E-state index contributed by atoms with van der Waals surface area (Å²) in [4.78, 5) is 0. The summed E-state index contributed by atoms with van der Waals surface area (Å²) in [7, 11) is 0. The van der Waals surface area contributed by atoms with E-state index in [1.54, 1.807) is 32.2 Å². The van der Waals surface area contributed by atoms with E-state index in [-0.39, 0.29) is 0 Å². The maximum atomic E-state index is 10.3. The number of nitrogens with zero attached hydrogens (tertiary/aromatic N) is 4. The monoisotopic (exact) mass is 369 g/mol. The summed E-state index contributed by atoms with van der Waals surface area (Å²) in [6.07, 6.45) is 1.71. The number of aromatic nitrogens is 4. The van der Waals surface area contributed by atoms with Gasteiger partial charge in [-0.05, 0) is 45.4 Å². The molecule has 3 rings (SSSR count). The van der Waals surface area contributed by atoms with Gasteiger partial charge in [0.2, 0.25) is 0 Å². The van der Waals surface area contributed by atoms with Crippen LogP contribution >= 0.6 is 11.6 Å². The number of nitriles is 1. The molecular formula is C19H20ClN5O. The Hall–Kier alpha value is -2.62. The average molecular weight is 370 g/mol. The number of halogens is 1. The Morgan fingerprint density at radius 3 is 2.69 bits per heavy atom. The number of aliphatic hydroxyl groups is 1. The first kappa shape index (κ1) is 18.2. The Bertz CT molecular complexity index is 1000. The predicted molar refractivity (Wildman–Crippen MR) is 99.8 cm³/mol. The maximum Gasteiger partial charge on any atom is 0.101 e. The summed E-state index contributed by atoms with van der Waals surface area (Å²) in [5.41, 5.74) is 4.76. The number of aryl methyl sites for hydroxylation is 1. The molecule has 1 aromatic carbocycles. The summed E-state index contributed by atoms with van der Waals surface area (Å²) in [6, 6.07) is 7.46. The van der Waals surface area contributed by atoms with Crippen LogP contribution in [-0.4, -0.2) is 25.1 Å². The summed E-state index contributed by atoms with van der Waals surface area (Å²) < 4.78 is 1.89. The zero-order valence-electron chi connectivity index (χ0n) is 15.1. The van der Waals surface area contributed by atoms with E-state index in [2.05, 4.69) is 21.4 Å². The number of benzene rings is 1. The van der Waals surface area contributed by atoms with Crippen molar-refractivity contribution in [2.45, 2.75) is 39.8 Å². The molecule has 2 N–H and O–H groups in total. The van der Waals surface area contributed by atoms with Gasteiger partial charge in [-0.25, -0.2) is 0 Å². The highest BCUT2D eigenvalue weighted by atomic mass is 35.5. The highest BCUT2D eigenvalue weighted by molar-refractivity contribution is 6.32. The van der Waals surface area contributed by atoms with Gasteiger partial charge in [-0.2, -0.15) is 15.5 Å². The van der Waals surface area contributed by atoms with E-state index >= 15 is 0 Å². The summed E-state index contributed by atoms with van der Waals surface area (Å²) in [6.45, 7) is 7.86. The summed E-state index contributed by atoms with van der Waals surface area (Å²) in [5.74, 6) is 0. The van der Waals surface area contributed by atoms with Crippen LogP contribution in [0.25, 0.3) is 11.1 Å². The maximum absolute atomic E-state index is 10.3. The third kappa shape index (κ3) is 3.24. The molecular weight excluding hydrogens is 350 g/mol. The van der Waals surface area contributed by atoms with Gasteiger partial charge in [0.1, 0.15) is 11.7 Å². The van der Waals surface area contributed by atoms with E-state index in [0.29, 0.717) is 22.8 Å². The molecule has 7 heteroatoms. The van der Waals surface area contributed by atoms with Gasteiger partial charge in [0.25, 0.3) is 0 Å². The van der Waals surface area contributed by atoms with Crippen molar-refractivity contribution in [3.8, 4) is 17.2 Å². The Labute approximate surface area is 157 Å². The fourth-order valence-corrected chi connectivity index (χ4v) is 3.37. The minimum atomic E-state index is -1.01. The molecule has 0 aliphatic carbocycles. The quantitative estimate of drug-likeness (QED) is 0.733. The van der Waals surface area contributed by atoms with Crippen molar-refractivity contribution in [3.63, 3.8) is 0 Å². The van der Waals surface area contributed by atoms with Gasteiger partial charge in [0.05, 0.1) is 34.7 Å². The normalized spacial score (nSPS) is 11.6. The van der Waals surface area contributed by atoms with Crippen molar-refractivity contribution >= 4 is 11.6 Å². The number of nitrogens with one attached hydrogen (secondary N) is 1. The van der Waals surface area contributed by atoms with Crippen LogP contribution in [0.4, 0.5) is 0 Å². The lowest BCUT2D eigenvalue weighted by Crippen LogP contribution is -2.19. The molecule has 134 valence electrons. The van der Waals surface area contributed by atoms with Crippen LogP contribution in [0, 0.1) is 25.2 Å². The standard InChI is InChI=1S/C19H20ClN5O/c1-11-17(13-5-6-14(8-21)16(20)7-13)12(2)25(24-11)10-15-9-22-23-18(15)19(3,4)26/h5-7,9,26H,10H2,1-4H3,(H,22,23).